The van der Waals surface area contributed by atoms with Gasteiger partial charge in [-0.3, -0.25) is 0 Å². The van der Waals surface area contributed by atoms with E-state index >= 15 is 0 Å². The molecule has 1 aromatic rings. The SMILES string of the molecule is CCC(N)c1ccc(SCC(O)CO)cc1. The second-order valence-corrected chi connectivity index (χ2v) is 4.82. The van der Waals surface area contributed by atoms with E-state index in [9.17, 15) is 5.11 Å². The predicted molar refractivity (Wildman–Crippen MR) is 67.5 cm³/mol. The van der Waals surface area contributed by atoms with Crippen LogP contribution in [0.5, 0.6) is 0 Å². The summed E-state index contributed by atoms with van der Waals surface area (Å²) in [6, 6.07) is 8.13. The minimum Gasteiger partial charge on any atom is -0.394 e. The van der Waals surface area contributed by atoms with Crippen molar-refractivity contribution in [2.45, 2.75) is 30.4 Å². The Morgan fingerprint density at radius 2 is 1.94 bits per heavy atom. The third kappa shape index (κ3) is 4.14. The maximum atomic E-state index is 9.21. The molecule has 1 aromatic carbocycles. The maximum Gasteiger partial charge on any atom is 0.0864 e. The van der Waals surface area contributed by atoms with Gasteiger partial charge < -0.3 is 15.9 Å². The molecule has 0 spiro atoms. The summed E-state index contributed by atoms with van der Waals surface area (Å²) < 4.78 is 0. The van der Waals surface area contributed by atoms with Gasteiger partial charge >= 0.3 is 0 Å². The number of aliphatic hydroxyl groups excluding tert-OH is 2. The topological polar surface area (TPSA) is 66.5 Å². The van der Waals surface area contributed by atoms with Gasteiger partial charge in [-0.2, -0.15) is 0 Å². The van der Waals surface area contributed by atoms with E-state index in [0.29, 0.717) is 5.75 Å². The van der Waals surface area contributed by atoms with E-state index < -0.39 is 6.10 Å². The minimum atomic E-state index is -0.650. The Morgan fingerprint density at radius 3 is 2.44 bits per heavy atom. The highest BCUT2D eigenvalue weighted by atomic mass is 32.2. The number of aliphatic hydroxyl groups is 2. The van der Waals surface area contributed by atoms with Crippen molar-refractivity contribution in [3.8, 4) is 0 Å². The molecule has 4 heteroatoms. The van der Waals surface area contributed by atoms with Gasteiger partial charge in [-0.05, 0) is 24.1 Å². The summed E-state index contributed by atoms with van der Waals surface area (Å²) in [5.41, 5.74) is 7.04. The van der Waals surface area contributed by atoms with Gasteiger partial charge in [-0.25, -0.2) is 0 Å². The summed E-state index contributed by atoms with van der Waals surface area (Å²) in [5.74, 6) is 0.510. The predicted octanol–water partition coefficient (Wildman–Crippen LogP) is 1.54. The first-order valence-electron chi connectivity index (χ1n) is 5.44. The van der Waals surface area contributed by atoms with Crippen molar-refractivity contribution in [3.63, 3.8) is 0 Å². The Labute approximate surface area is 101 Å². The molecule has 2 unspecified atom stereocenters. The van der Waals surface area contributed by atoms with Crippen LogP contribution in [0.15, 0.2) is 29.2 Å². The normalized spacial score (nSPS) is 14.8. The van der Waals surface area contributed by atoms with Crippen LogP contribution in [0.3, 0.4) is 0 Å². The smallest absolute Gasteiger partial charge is 0.0864 e. The first-order valence-corrected chi connectivity index (χ1v) is 6.43. The lowest BCUT2D eigenvalue weighted by molar-refractivity contribution is 0.113. The van der Waals surface area contributed by atoms with E-state index in [0.717, 1.165) is 16.9 Å². The molecule has 0 fully saturated rings. The maximum absolute atomic E-state index is 9.21. The van der Waals surface area contributed by atoms with Crippen LogP contribution in [0.1, 0.15) is 24.9 Å². The van der Waals surface area contributed by atoms with Crippen LogP contribution in [-0.2, 0) is 0 Å². The van der Waals surface area contributed by atoms with E-state index in [4.69, 9.17) is 10.8 Å². The highest BCUT2D eigenvalue weighted by Crippen LogP contribution is 2.21. The molecular weight excluding hydrogens is 222 g/mol. The van der Waals surface area contributed by atoms with Crippen LogP contribution < -0.4 is 5.73 Å². The van der Waals surface area contributed by atoms with Gasteiger partial charge in [-0.1, -0.05) is 19.1 Å². The van der Waals surface area contributed by atoms with Gasteiger partial charge in [0.15, 0.2) is 0 Å². The van der Waals surface area contributed by atoms with Gasteiger partial charge in [0.25, 0.3) is 0 Å². The minimum absolute atomic E-state index is 0.0992. The lowest BCUT2D eigenvalue weighted by Crippen LogP contribution is -2.14. The van der Waals surface area contributed by atoms with Crippen molar-refractivity contribution in [1.82, 2.24) is 0 Å². The molecule has 0 aliphatic carbocycles. The van der Waals surface area contributed by atoms with E-state index in [2.05, 4.69) is 6.92 Å². The summed E-state index contributed by atoms with van der Waals surface area (Å²) in [7, 11) is 0. The Kier molecular flexibility index (Phi) is 5.84. The standard InChI is InChI=1S/C12H19NO2S/c1-2-12(13)9-3-5-11(6-4-9)16-8-10(15)7-14/h3-6,10,12,14-15H,2,7-8,13H2,1H3. The molecule has 0 aromatic heterocycles. The Balaban J connectivity index is 2.51. The first-order chi connectivity index (χ1) is 7.67. The summed E-state index contributed by atoms with van der Waals surface area (Å²) in [5, 5.41) is 17.9. The van der Waals surface area contributed by atoms with Crippen molar-refractivity contribution in [2.24, 2.45) is 5.73 Å². The average molecular weight is 241 g/mol. The quantitative estimate of drug-likeness (QED) is 0.661. The average Bonchev–Trinajstić information content (AvgIpc) is 2.35. The molecule has 16 heavy (non-hydrogen) atoms. The van der Waals surface area contributed by atoms with Crippen molar-refractivity contribution in [3.05, 3.63) is 29.8 Å². The van der Waals surface area contributed by atoms with Gasteiger partial charge in [0, 0.05) is 16.7 Å². The molecular formula is C12H19NO2S. The Hall–Kier alpha value is -0.550. The third-order valence-corrected chi connectivity index (χ3v) is 3.56. The van der Waals surface area contributed by atoms with Crippen LogP contribution >= 0.6 is 11.8 Å². The molecule has 4 N–H and O–H groups in total. The molecule has 90 valence electrons. The summed E-state index contributed by atoms with van der Waals surface area (Å²) in [4.78, 5) is 1.08. The molecule has 0 aliphatic heterocycles. The summed E-state index contributed by atoms with van der Waals surface area (Å²) in [6.07, 6.45) is 0.276. The van der Waals surface area contributed by atoms with Crippen LogP contribution in [0.4, 0.5) is 0 Å². The number of hydrogen-bond acceptors (Lipinski definition) is 4. The van der Waals surface area contributed by atoms with E-state index in [1.807, 2.05) is 24.3 Å². The van der Waals surface area contributed by atoms with E-state index in [1.54, 1.807) is 0 Å². The van der Waals surface area contributed by atoms with Crippen molar-refractivity contribution >= 4 is 11.8 Å². The highest BCUT2D eigenvalue weighted by molar-refractivity contribution is 7.99. The van der Waals surface area contributed by atoms with Crippen molar-refractivity contribution in [1.29, 1.82) is 0 Å². The Morgan fingerprint density at radius 1 is 1.31 bits per heavy atom. The lowest BCUT2D eigenvalue weighted by atomic mass is 10.1. The first kappa shape index (κ1) is 13.5. The largest absolute Gasteiger partial charge is 0.394 e. The zero-order chi connectivity index (χ0) is 12.0. The molecule has 3 nitrogen and oxygen atoms in total. The van der Waals surface area contributed by atoms with Gasteiger partial charge in [0.2, 0.25) is 0 Å². The van der Waals surface area contributed by atoms with Crippen LogP contribution in [0.25, 0.3) is 0 Å². The molecule has 0 saturated carbocycles. The highest BCUT2D eigenvalue weighted by Gasteiger charge is 2.05. The molecule has 0 heterocycles. The zero-order valence-corrected chi connectivity index (χ0v) is 10.3. The monoisotopic (exact) mass is 241 g/mol. The number of rotatable bonds is 6. The van der Waals surface area contributed by atoms with Crippen LogP contribution in [0, 0.1) is 0 Å². The molecule has 0 saturated heterocycles. The van der Waals surface area contributed by atoms with Crippen LogP contribution in [-0.4, -0.2) is 28.7 Å². The third-order valence-electron chi connectivity index (χ3n) is 2.40. The van der Waals surface area contributed by atoms with Crippen molar-refractivity contribution in [2.75, 3.05) is 12.4 Å². The molecule has 1 rings (SSSR count). The van der Waals surface area contributed by atoms with Crippen LogP contribution in [0.2, 0.25) is 0 Å². The molecule has 0 amide bonds. The summed E-state index contributed by atoms with van der Waals surface area (Å²) in [6.45, 7) is 1.87. The number of thioether (sulfide) groups is 1. The lowest BCUT2D eigenvalue weighted by Gasteiger charge is -2.10. The van der Waals surface area contributed by atoms with Gasteiger partial charge in [0.1, 0.15) is 0 Å². The molecule has 0 bridgehead atoms. The fourth-order valence-corrected chi connectivity index (χ4v) is 2.11. The fraction of sp³-hybridized carbons (Fsp3) is 0.500. The number of benzene rings is 1. The molecule has 0 radical (unpaired) electrons. The number of nitrogens with two attached hydrogens (primary N) is 1. The summed E-state index contributed by atoms with van der Waals surface area (Å²) >= 11 is 1.53. The fourth-order valence-electron chi connectivity index (χ4n) is 1.29. The number of hydrogen-bond donors (Lipinski definition) is 3. The second-order valence-electron chi connectivity index (χ2n) is 3.73. The van der Waals surface area contributed by atoms with E-state index in [1.165, 1.54) is 11.8 Å². The zero-order valence-electron chi connectivity index (χ0n) is 9.47. The second kappa shape index (κ2) is 6.91. The molecule has 0 aliphatic rings. The van der Waals surface area contributed by atoms with Crippen molar-refractivity contribution < 1.29 is 10.2 Å². The molecule has 2 atom stereocenters. The Bertz CT molecular complexity index is 302. The van der Waals surface area contributed by atoms with Gasteiger partial charge in [0.05, 0.1) is 12.7 Å². The van der Waals surface area contributed by atoms with Gasteiger partial charge in [-0.15, -0.1) is 11.8 Å². The van der Waals surface area contributed by atoms with E-state index in [-0.39, 0.29) is 12.6 Å².